The van der Waals surface area contributed by atoms with E-state index in [9.17, 15) is 0 Å². The van der Waals surface area contributed by atoms with E-state index in [2.05, 4.69) is 32.6 Å². The summed E-state index contributed by atoms with van der Waals surface area (Å²) in [5.41, 5.74) is 8.51. The summed E-state index contributed by atoms with van der Waals surface area (Å²) in [6.45, 7) is 1.50. The summed E-state index contributed by atoms with van der Waals surface area (Å²) < 4.78 is 11.0. The molecule has 0 atom stereocenters. The lowest BCUT2D eigenvalue weighted by atomic mass is 10.3. The van der Waals surface area contributed by atoms with Crippen LogP contribution >= 0.6 is 15.9 Å². The number of nitrogens with two attached hydrogens (primary N) is 1. The van der Waals surface area contributed by atoms with Crippen molar-refractivity contribution in [1.82, 2.24) is 4.57 Å². The molecular weight excluding hydrogens is 342 g/mol. The van der Waals surface area contributed by atoms with Crippen molar-refractivity contribution in [2.24, 2.45) is 7.05 Å². The zero-order valence-electron chi connectivity index (χ0n) is 12.5. The minimum absolute atomic E-state index is 0.664. The van der Waals surface area contributed by atoms with E-state index in [-0.39, 0.29) is 0 Å². The smallest absolute Gasteiger partial charge is 0.355 e. The molecule has 2 aromatic carbocycles. The first kappa shape index (κ1) is 14.9. The van der Waals surface area contributed by atoms with E-state index >= 15 is 0 Å². The van der Waals surface area contributed by atoms with Gasteiger partial charge in [0.05, 0.1) is 20.2 Å². The van der Waals surface area contributed by atoms with Crippen LogP contribution in [-0.4, -0.2) is 11.2 Å². The summed E-state index contributed by atoms with van der Waals surface area (Å²) in [4.78, 5) is 0. The first-order valence-electron chi connectivity index (χ1n) is 7.28. The summed E-state index contributed by atoms with van der Waals surface area (Å²) in [5.74, 6) is 1.66. The van der Waals surface area contributed by atoms with Crippen molar-refractivity contribution in [3.63, 3.8) is 0 Å². The highest BCUT2D eigenvalue weighted by molar-refractivity contribution is 9.10. The van der Waals surface area contributed by atoms with Gasteiger partial charge >= 0.3 is 5.95 Å². The molecular formula is C17H19BrN3O+. The van der Waals surface area contributed by atoms with Crippen LogP contribution in [0.25, 0.3) is 11.0 Å². The van der Waals surface area contributed by atoms with Crippen LogP contribution in [0.4, 0.5) is 5.95 Å². The average molecular weight is 361 g/mol. The fourth-order valence-corrected chi connectivity index (χ4v) is 2.85. The molecule has 3 aromatic rings. The second-order valence-corrected chi connectivity index (χ2v) is 6.13. The van der Waals surface area contributed by atoms with Gasteiger partial charge in [0.15, 0.2) is 0 Å². The quantitative estimate of drug-likeness (QED) is 0.560. The third-order valence-corrected chi connectivity index (χ3v) is 4.29. The van der Waals surface area contributed by atoms with E-state index < -0.39 is 0 Å². The number of anilines is 1. The normalized spacial score (nSPS) is 11.0. The Morgan fingerprint density at radius 2 is 1.86 bits per heavy atom. The SMILES string of the molecule is C[n+]1c(N)n(CCCOc2ccc(Br)cc2)c2ccccc21. The van der Waals surface area contributed by atoms with Gasteiger partial charge in [0.25, 0.3) is 0 Å². The van der Waals surface area contributed by atoms with E-state index in [0.717, 1.165) is 40.2 Å². The second-order valence-electron chi connectivity index (χ2n) is 5.21. The molecule has 0 aliphatic carbocycles. The largest absolute Gasteiger partial charge is 0.493 e. The lowest BCUT2D eigenvalue weighted by Crippen LogP contribution is -2.31. The number of hydrogen-bond donors (Lipinski definition) is 1. The molecule has 3 rings (SSSR count). The van der Waals surface area contributed by atoms with E-state index in [1.54, 1.807) is 0 Å². The number of hydrogen-bond acceptors (Lipinski definition) is 2. The van der Waals surface area contributed by atoms with Crippen molar-refractivity contribution < 1.29 is 9.30 Å². The van der Waals surface area contributed by atoms with Gasteiger partial charge < -0.3 is 4.74 Å². The molecule has 0 saturated carbocycles. The molecule has 114 valence electrons. The predicted molar refractivity (Wildman–Crippen MR) is 91.8 cm³/mol. The number of benzene rings is 2. The topological polar surface area (TPSA) is 44.1 Å². The fraction of sp³-hybridized carbons (Fsp3) is 0.235. The summed E-state index contributed by atoms with van der Waals surface area (Å²) in [6.07, 6.45) is 0.902. The van der Waals surface area contributed by atoms with Gasteiger partial charge in [-0.2, -0.15) is 0 Å². The van der Waals surface area contributed by atoms with Crippen molar-refractivity contribution in [2.75, 3.05) is 12.3 Å². The summed E-state index contributed by atoms with van der Waals surface area (Å²) in [5, 5.41) is 0. The van der Waals surface area contributed by atoms with Crippen LogP contribution in [0, 0.1) is 0 Å². The Bertz CT molecular complexity index is 780. The number of rotatable bonds is 5. The minimum atomic E-state index is 0.664. The van der Waals surface area contributed by atoms with Crippen LogP contribution < -0.4 is 15.0 Å². The molecule has 0 fully saturated rings. The van der Waals surface area contributed by atoms with Crippen molar-refractivity contribution in [3.8, 4) is 5.75 Å². The van der Waals surface area contributed by atoms with Crippen molar-refractivity contribution in [1.29, 1.82) is 0 Å². The summed E-state index contributed by atoms with van der Waals surface area (Å²) >= 11 is 3.42. The molecule has 1 aromatic heterocycles. The van der Waals surface area contributed by atoms with E-state index in [4.69, 9.17) is 10.5 Å². The molecule has 0 bridgehead atoms. The van der Waals surface area contributed by atoms with Crippen LogP contribution in [-0.2, 0) is 13.6 Å². The van der Waals surface area contributed by atoms with Crippen molar-refractivity contribution in [3.05, 3.63) is 53.0 Å². The number of nitrogens with zero attached hydrogens (tertiary/aromatic N) is 2. The predicted octanol–water partition coefficient (Wildman–Crippen LogP) is 3.28. The lowest BCUT2D eigenvalue weighted by Gasteiger charge is -2.06. The minimum Gasteiger partial charge on any atom is -0.493 e. The third-order valence-electron chi connectivity index (χ3n) is 3.76. The number of aryl methyl sites for hydroxylation is 2. The molecule has 2 N–H and O–H groups in total. The van der Waals surface area contributed by atoms with Gasteiger partial charge in [0, 0.05) is 10.9 Å². The summed E-state index contributed by atoms with van der Waals surface area (Å²) in [6, 6.07) is 16.1. The number of aromatic nitrogens is 2. The van der Waals surface area contributed by atoms with E-state index in [1.165, 1.54) is 0 Å². The van der Waals surface area contributed by atoms with E-state index in [1.807, 2.05) is 48.0 Å². The van der Waals surface area contributed by atoms with Gasteiger partial charge in [-0.1, -0.05) is 28.1 Å². The van der Waals surface area contributed by atoms with Gasteiger partial charge in [-0.3, -0.25) is 5.73 Å². The molecule has 0 saturated heterocycles. The first-order chi connectivity index (χ1) is 10.7. The van der Waals surface area contributed by atoms with Crippen LogP contribution in [0.15, 0.2) is 53.0 Å². The Morgan fingerprint density at radius 1 is 1.14 bits per heavy atom. The van der Waals surface area contributed by atoms with Gasteiger partial charge in [-0.15, -0.1) is 0 Å². The summed E-state index contributed by atoms with van der Waals surface area (Å²) in [7, 11) is 1.99. The molecule has 0 radical (unpaired) electrons. The second kappa shape index (κ2) is 6.40. The Morgan fingerprint density at radius 3 is 2.64 bits per heavy atom. The fourth-order valence-electron chi connectivity index (χ4n) is 2.58. The molecule has 0 amide bonds. The van der Waals surface area contributed by atoms with Crippen molar-refractivity contribution >= 4 is 32.9 Å². The zero-order chi connectivity index (χ0) is 15.5. The van der Waals surface area contributed by atoms with Crippen LogP contribution in [0.3, 0.4) is 0 Å². The first-order valence-corrected chi connectivity index (χ1v) is 8.07. The highest BCUT2D eigenvalue weighted by Crippen LogP contribution is 2.18. The molecule has 0 aliphatic heterocycles. The molecule has 4 nitrogen and oxygen atoms in total. The monoisotopic (exact) mass is 360 g/mol. The number of imidazole rings is 1. The third kappa shape index (κ3) is 2.95. The molecule has 0 unspecified atom stereocenters. The Balaban J connectivity index is 1.64. The van der Waals surface area contributed by atoms with Crippen LogP contribution in [0.1, 0.15) is 6.42 Å². The number of fused-ring (bicyclic) bond motifs is 1. The molecule has 1 heterocycles. The van der Waals surface area contributed by atoms with Gasteiger partial charge in [0.1, 0.15) is 16.8 Å². The van der Waals surface area contributed by atoms with Gasteiger partial charge in [-0.25, -0.2) is 9.13 Å². The van der Waals surface area contributed by atoms with Crippen molar-refractivity contribution in [2.45, 2.75) is 13.0 Å². The van der Waals surface area contributed by atoms with Crippen LogP contribution in [0.5, 0.6) is 5.75 Å². The zero-order valence-corrected chi connectivity index (χ0v) is 14.1. The standard InChI is InChI=1S/C17H18BrN3O/c1-20-15-5-2-3-6-16(15)21(17(20)19)11-4-12-22-14-9-7-13(18)8-10-14/h2-3,5-10,19H,4,11-12H2,1H3/p+1. The number of ether oxygens (including phenoxy) is 1. The highest BCUT2D eigenvalue weighted by Gasteiger charge is 2.17. The molecule has 0 aliphatic rings. The van der Waals surface area contributed by atoms with E-state index in [0.29, 0.717) is 6.61 Å². The average Bonchev–Trinajstić information content (AvgIpc) is 2.78. The number of para-hydroxylation sites is 2. The molecule has 5 heteroatoms. The Hall–Kier alpha value is -2.01. The maximum atomic E-state index is 6.21. The maximum absolute atomic E-state index is 6.21. The van der Waals surface area contributed by atoms with Crippen LogP contribution in [0.2, 0.25) is 0 Å². The highest BCUT2D eigenvalue weighted by atomic mass is 79.9. The Labute approximate surface area is 138 Å². The number of nitrogen functional groups attached to an aromatic ring is 1. The van der Waals surface area contributed by atoms with Gasteiger partial charge in [-0.05, 0) is 36.4 Å². The lowest BCUT2D eigenvalue weighted by molar-refractivity contribution is -0.630. The Kier molecular flexibility index (Phi) is 4.34. The molecule has 0 spiro atoms. The van der Waals surface area contributed by atoms with Gasteiger partial charge in [0.2, 0.25) is 0 Å². The maximum Gasteiger partial charge on any atom is 0.355 e. The number of halogens is 1. The molecule has 22 heavy (non-hydrogen) atoms.